The van der Waals surface area contributed by atoms with Gasteiger partial charge in [-0.2, -0.15) is 13.2 Å². The molecule has 0 radical (unpaired) electrons. The minimum atomic E-state index is -4.45. The van der Waals surface area contributed by atoms with Crippen LogP contribution in [-0.4, -0.2) is 11.6 Å². The summed E-state index contributed by atoms with van der Waals surface area (Å²) in [5.41, 5.74) is 3.64. The molecule has 1 aromatic rings. The highest BCUT2D eigenvalue weighted by Crippen LogP contribution is 2.36. The zero-order chi connectivity index (χ0) is 17.3. The van der Waals surface area contributed by atoms with E-state index in [4.69, 9.17) is 10.5 Å². The second-order valence-electron chi connectivity index (χ2n) is 6.82. The van der Waals surface area contributed by atoms with Crippen molar-refractivity contribution in [3.8, 4) is 0 Å². The fourth-order valence-electron chi connectivity index (χ4n) is 1.86. The SMILES string of the molecule is CC(C)(C)OC(=O)C(C)(C)C(N)c1cccc(C(F)(F)F)c1. The molecule has 1 aromatic carbocycles. The molecule has 2 N–H and O–H groups in total. The molecule has 22 heavy (non-hydrogen) atoms. The van der Waals surface area contributed by atoms with E-state index in [1.54, 1.807) is 34.6 Å². The van der Waals surface area contributed by atoms with Crippen LogP contribution in [0.3, 0.4) is 0 Å². The topological polar surface area (TPSA) is 52.3 Å². The van der Waals surface area contributed by atoms with Gasteiger partial charge in [0.05, 0.1) is 11.0 Å². The van der Waals surface area contributed by atoms with Gasteiger partial charge in [0.1, 0.15) is 5.60 Å². The molecule has 0 spiro atoms. The van der Waals surface area contributed by atoms with Crippen LogP contribution in [0.2, 0.25) is 0 Å². The lowest BCUT2D eigenvalue weighted by molar-refractivity contribution is -0.167. The number of nitrogens with two attached hydrogens (primary N) is 1. The van der Waals surface area contributed by atoms with Crippen molar-refractivity contribution >= 4 is 5.97 Å². The van der Waals surface area contributed by atoms with Crippen LogP contribution in [0, 0.1) is 5.41 Å². The number of hydrogen-bond donors (Lipinski definition) is 1. The summed E-state index contributed by atoms with van der Waals surface area (Å²) in [6.07, 6.45) is -4.45. The zero-order valence-corrected chi connectivity index (χ0v) is 13.4. The van der Waals surface area contributed by atoms with Crippen LogP contribution in [0.4, 0.5) is 13.2 Å². The number of ether oxygens (including phenoxy) is 1. The highest BCUT2D eigenvalue weighted by Gasteiger charge is 2.40. The first-order chi connectivity index (χ1) is 9.75. The number of rotatable bonds is 3. The van der Waals surface area contributed by atoms with Crippen LogP contribution in [0.25, 0.3) is 0 Å². The third-order valence-corrected chi connectivity index (χ3v) is 3.28. The molecule has 124 valence electrons. The summed E-state index contributed by atoms with van der Waals surface area (Å²) < 4.78 is 43.6. The summed E-state index contributed by atoms with van der Waals surface area (Å²) in [5.74, 6) is -0.551. The Kier molecular flexibility index (Phi) is 4.97. The molecule has 0 bridgehead atoms. The molecule has 0 aromatic heterocycles. The van der Waals surface area contributed by atoms with Crippen LogP contribution in [0.5, 0.6) is 0 Å². The van der Waals surface area contributed by atoms with Gasteiger partial charge in [-0.05, 0) is 52.3 Å². The first kappa shape index (κ1) is 18.5. The van der Waals surface area contributed by atoms with Crippen molar-refractivity contribution in [1.29, 1.82) is 0 Å². The third kappa shape index (κ3) is 4.47. The molecule has 0 amide bonds. The minimum Gasteiger partial charge on any atom is -0.460 e. The van der Waals surface area contributed by atoms with Gasteiger partial charge in [-0.25, -0.2) is 0 Å². The van der Waals surface area contributed by atoms with Gasteiger partial charge in [0.2, 0.25) is 0 Å². The molecule has 0 heterocycles. The van der Waals surface area contributed by atoms with Gasteiger partial charge in [0.15, 0.2) is 0 Å². The van der Waals surface area contributed by atoms with Gasteiger partial charge < -0.3 is 10.5 Å². The molecule has 1 unspecified atom stereocenters. The second kappa shape index (κ2) is 5.91. The standard InChI is InChI=1S/C16H22F3NO2/c1-14(2,3)22-13(21)15(4,5)12(20)10-7-6-8-11(9-10)16(17,18)19/h6-9,12H,20H2,1-5H3. The van der Waals surface area contributed by atoms with Crippen LogP contribution >= 0.6 is 0 Å². The van der Waals surface area contributed by atoms with Gasteiger partial charge >= 0.3 is 12.1 Å². The van der Waals surface area contributed by atoms with E-state index in [-0.39, 0.29) is 5.56 Å². The molecular formula is C16H22F3NO2. The van der Waals surface area contributed by atoms with Crippen LogP contribution in [0.15, 0.2) is 24.3 Å². The zero-order valence-electron chi connectivity index (χ0n) is 13.4. The van der Waals surface area contributed by atoms with Crippen molar-refractivity contribution in [3.63, 3.8) is 0 Å². The molecule has 0 saturated heterocycles. The van der Waals surface area contributed by atoms with Gasteiger partial charge in [0, 0.05) is 6.04 Å². The van der Waals surface area contributed by atoms with E-state index in [1.165, 1.54) is 12.1 Å². The summed E-state index contributed by atoms with van der Waals surface area (Å²) in [4.78, 5) is 12.3. The smallest absolute Gasteiger partial charge is 0.416 e. The highest BCUT2D eigenvalue weighted by molar-refractivity contribution is 5.77. The summed E-state index contributed by atoms with van der Waals surface area (Å²) in [6.45, 7) is 8.28. The molecule has 0 aliphatic rings. The van der Waals surface area contributed by atoms with E-state index in [0.29, 0.717) is 0 Å². The molecule has 6 heteroatoms. The van der Waals surface area contributed by atoms with E-state index in [1.807, 2.05) is 0 Å². The first-order valence-electron chi connectivity index (χ1n) is 6.91. The summed E-state index contributed by atoms with van der Waals surface area (Å²) >= 11 is 0. The van der Waals surface area contributed by atoms with E-state index < -0.39 is 34.8 Å². The van der Waals surface area contributed by atoms with E-state index in [2.05, 4.69) is 0 Å². The Morgan fingerprint density at radius 3 is 2.14 bits per heavy atom. The number of alkyl halides is 3. The average molecular weight is 317 g/mol. The quantitative estimate of drug-likeness (QED) is 0.855. The Bertz CT molecular complexity index is 545. The number of hydrogen-bond acceptors (Lipinski definition) is 3. The van der Waals surface area contributed by atoms with E-state index >= 15 is 0 Å². The molecule has 1 atom stereocenters. The van der Waals surface area contributed by atoms with Crippen molar-refractivity contribution in [1.82, 2.24) is 0 Å². The third-order valence-electron chi connectivity index (χ3n) is 3.28. The van der Waals surface area contributed by atoms with Gasteiger partial charge in [-0.1, -0.05) is 12.1 Å². The fraction of sp³-hybridized carbons (Fsp3) is 0.562. The van der Waals surface area contributed by atoms with Crippen LogP contribution in [0.1, 0.15) is 51.8 Å². The minimum absolute atomic E-state index is 0.241. The Morgan fingerprint density at radius 1 is 1.14 bits per heavy atom. The van der Waals surface area contributed by atoms with Crippen molar-refractivity contribution in [2.45, 2.75) is 52.4 Å². The lowest BCUT2D eigenvalue weighted by atomic mass is 9.80. The lowest BCUT2D eigenvalue weighted by Gasteiger charge is -2.33. The van der Waals surface area contributed by atoms with Crippen molar-refractivity contribution in [2.24, 2.45) is 11.1 Å². The predicted octanol–water partition coefficient (Wildman–Crippen LogP) is 4.07. The molecule has 0 aliphatic carbocycles. The van der Waals surface area contributed by atoms with Crippen molar-refractivity contribution in [2.75, 3.05) is 0 Å². The number of carbonyl (C=O) groups is 1. The Labute approximate surface area is 128 Å². The number of halogens is 3. The molecular weight excluding hydrogens is 295 g/mol. The maximum Gasteiger partial charge on any atom is 0.416 e. The lowest BCUT2D eigenvalue weighted by Crippen LogP contribution is -2.41. The normalized spacial score (nSPS) is 14.6. The van der Waals surface area contributed by atoms with Gasteiger partial charge in [-0.3, -0.25) is 4.79 Å². The first-order valence-corrected chi connectivity index (χ1v) is 6.91. The molecule has 3 nitrogen and oxygen atoms in total. The molecule has 0 saturated carbocycles. The van der Waals surface area contributed by atoms with E-state index in [0.717, 1.165) is 12.1 Å². The maximum absolute atomic E-state index is 12.8. The van der Waals surface area contributed by atoms with Crippen LogP contribution < -0.4 is 5.73 Å². The maximum atomic E-state index is 12.8. The molecule has 0 aliphatic heterocycles. The largest absolute Gasteiger partial charge is 0.460 e. The number of esters is 1. The van der Waals surface area contributed by atoms with Crippen LogP contribution in [-0.2, 0) is 15.7 Å². The summed E-state index contributed by atoms with van der Waals surface area (Å²) in [5, 5.41) is 0. The number of benzene rings is 1. The molecule has 0 fully saturated rings. The van der Waals surface area contributed by atoms with E-state index in [9.17, 15) is 18.0 Å². The average Bonchev–Trinajstić information content (AvgIpc) is 2.35. The Balaban J connectivity index is 3.09. The number of carbonyl (C=O) groups excluding carboxylic acids is 1. The monoisotopic (exact) mass is 317 g/mol. The van der Waals surface area contributed by atoms with Crippen molar-refractivity contribution in [3.05, 3.63) is 35.4 Å². The second-order valence-corrected chi connectivity index (χ2v) is 6.82. The van der Waals surface area contributed by atoms with Gasteiger partial charge in [0.25, 0.3) is 0 Å². The predicted molar refractivity (Wildman–Crippen MR) is 78.0 cm³/mol. The van der Waals surface area contributed by atoms with Crippen molar-refractivity contribution < 1.29 is 22.7 Å². The fourth-order valence-corrected chi connectivity index (χ4v) is 1.86. The molecule has 1 rings (SSSR count). The Hall–Kier alpha value is -1.56. The summed E-state index contributed by atoms with van der Waals surface area (Å²) in [7, 11) is 0. The van der Waals surface area contributed by atoms with Gasteiger partial charge in [-0.15, -0.1) is 0 Å². The highest BCUT2D eigenvalue weighted by atomic mass is 19.4. The summed E-state index contributed by atoms with van der Waals surface area (Å²) in [6, 6.07) is 3.78. The Morgan fingerprint density at radius 2 is 1.68 bits per heavy atom.